The van der Waals surface area contributed by atoms with Crippen molar-refractivity contribution in [3.05, 3.63) is 88.3 Å². The van der Waals surface area contributed by atoms with E-state index in [4.69, 9.17) is 11.6 Å². The maximum Gasteiger partial charge on any atom is 0.252 e. The summed E-state index contributed by atoms with van der Waals surface area (Å²) in [6.07, 6.45) is 1.43. The molecule has 3 aromatic rings. The molecule has 6 nitrogen and oxygen atoms in total. The summed E-state index contributed by atoms with van der Waals surface area (Å²) >= 11 is 7.37. The molecule has 2 aliphatic rings. The maximum absolute atomic E-state index is 13.4. The first-order valence-corrected chi connectivity index (χ1v) is 15.0. The number of benzene rings is 2. The van der Waals surface area contributed by atoms with E-state index in [1.807, 2.05) is 23.1 Å². The average molecular weight is 544 g/mol. The van der Waals surface area contributed by atoms with Crippen LogP contribution in [0.5, 0.6) is 0 Å². The van der Waals surface area contributed by atoms with Crippen LogP contribution < -0.4 is 0 Å². The van der Waals surface area contributed by atoms with Gasteiger partial charge in [0.05, 0.1) is 12.0 Å². The lowest BCUT2D eigenvalue weighted by atomic mass is 9.95. The van der Waals surface area contributed by atoms with Gasteiger partial charge in [0.2, 0.25) is 5.91 Å². The summed E-state index contributed by atoms with van der Waals surface area (Å²) in [4.78, 5) is 17.8. The number of amides is 1. The van der Waals surface area contributed by atoms with E-state index in [-0.39, 0.29) is 24.4 Å². The number of piperidine rings is 1. The van der Waals surface area contributed by atoms with Crippen LogP contribution in [0.4, 0.5) is 0 Å². The van der Waals surface area contributed by atoms with Crippen molar-refractivity contribution in [2.24, 2.45) is 5.92 Å². The molecule has 190 valence electrons. The Hall–Kier alpha value is -2.23. The highest BCUT2D eigenvalue weighted by Crippen LogP contribution is 2.32. The molecule has 2 fully saturated rings. The van der Waals surface area contributed by atoms with E-state index in [1.165, 1.54) is 26.8 Å². The Bertz CT molecular complexity index is 1260. The van der Waals surface area contributed by atoms with Crippen LogP contribution in [0, 0.1) is 5.92 Å². The van der Waals surface area contributed by atoms with Gasteiger partial charge in [0.1, 0.15) is 4.21 Å². The summed E-state index contributed by atoms with van der Waals surface area (Å²) in [5, 5.41) is 2.48. The normalized spacial score (nSPS) is 20.8. The van der Waals surface area contributed by atoms with Gasteiger partial charge in [-0.3, -0.25) is 9.69 Å². The first-order valence-electron chi connectivity index (χ1n) is 12.3. The first-order chi connectivity index (χ1) is 17.4. The van der Waals surface area contributed by atoms with Crippen LogP contribution in [-0.4, -0.2) is 67.7 Å². The van der Waals surface area contributed by atoms with E-state index >= 15 is 0 Å². The van der Waals surface area contributed by atoms with Gasteiger partial charge in [-0.2, -0.15) is 4.31 Å². The predicted octanol–water partition coefficient (Wildman–Crippen LogP) is 4.74. The van der Waals surface area contributed by atoms with Crippen molar-refractivity contribution in [1.82, 2.24) is 14.1 Å². The molecule has 5 rings (SSSR count). The number of sulfonamides is 1. The van der Waals surface area contributed by atoms with Gasteiger partial charge in [-0.25, -0.2) is 8.42 Å². The average Bonchev–Trinajstić information content (AvgIpc) is 3.47. The van der Waals surface area contributed by atoms with Crippen molar-refractivity contribution in [2.75, 3.05) is 39.3 Å². The van der Waals surface area contributed by atoms with E-state index in [2.05, 4.69) is 41.3 Å². The lowest BCUT2D eigenvalue weighted by molar-refractivity contribution is -0.138. The molecule has 2 aromatic carbocycles. The zero-order chi connectivity index (χ0) is 25.1. The number of piperazine rings is 1. The van der Waals surface area contributed by atoms with E-state index in [9.17, 15) is 13.2 Å². The number of nitrogens with zero attached hydrogens (tertiary/aromatic N) is 3. The van der Waals surface area contributed by atoms with Crippen LogP contribution in [-0.2, 0) is 14.8 Å². The molecule has 0 bridgehead atoms. The Morgan fingerprint density at radius 3 is 2.25 bits per heavy atom. The first kappa shape index (κ1) is 25.4. The monoisotopic (exact) mass is 543 g/mol. The molecule has 1 aromatic heterocycles. The van der Waals surface area contributed by atoms with Crippen LogP contribution in [0.2, 0.25) is 5.02 Å². The Kier molecular flexibility index (Phi) is 7.79. The van der Waals surface area contributed by atoms with Crippen molar-refractivity contribution in [2.45, 2.75) is 23.1 Å². The standard InChI is InChI=1S/C27H30ClN3O3S2/c28-24-12-10-22(11-13-24)26(21-6-2-1-3-7-21)29-15-17-30(18-16-29)27(32)23-8-4-14-31(20-23)36(33,34)25-9-5-19-35-25/h1-3,5-7,9-13,19,23,26H,4,8,14-18,20H2. The van der Waals surface area contributed by atoms with Crippen molar-refractivity contribution in [3.63, 3.8) is 0 Å². The highest BCUT2D eigenvalue weighted by atomic mass is 35.5. The second-order valence-electron chi connectivity index (χ2n) is 9.36. The molecule has 0 spiro atoms. The number of thiophene rings is 1. The number of halogens is 1. The highest BCUT2D eigenvalue weighted by molar-refractivity contribution is 7.91. The number of hydrogen-bond acceptors (Lipinski definition) is 5. The number of hydrogen-bond donors (Lipinski definition) is 0. The third-order valence-electron chi connectivity index (χ3n) is 7.11. The second-order valence-corrected chi connectivity index (χ2v) is 12.9. The molecule has 0 N–H and O–H groups in total. The molecule has 1 amide bonds. The number of carbonyl (C=O) groups is 1. The van der Waals surface area contributed by atoms with Gasteiger partial charge in [-0.05, 0) is 47.5 Å². The summed E-state index contributed by atoms with van der Waals surface area (Å²) in [6, 6.07) is 21.9. The van der Waals surface area contributed by atoms with E-state index in [0.29, 0.717) is 35.3 Å². The SMILES string of the molecule is O=C(C1CCCN(S(=O)(=O)c2cccs2)C1)N1CCN(C(c2ccccc2)c2ccc(Cl)cc2)CC1. The van der Waals surface area contributed by atoms with Crippen LogP contribution in [0.1, 0.15) is 30.0 Å². The molecular formula is C27H30ClN3O3S2. The Morgan fingerprint density at radius 1 is 0.889 bits per heavy atom. The third-order valence-corrected chi connectivity index (χ3v) is 10.6. The van der Waals surface area contributed by atoms with E-state index in [0.717, 1.165) is 19.5 Å². The summed E-state index contributed by atoms with van der Waals surface area (Å²) in [5.74, 6) is -0.218. The van der Waals surface area contributed by atoms with Gasteiger partial charge < -0.3 is 4.90 Å². The zero-order valence-electron chi connectivity index (χ0n) is 20.0. The lowest BCUT2D eigenvalue weighted by Gasteiger charge is -2.41. The molecule has 2 atom stereocenters. The summed E-state index contributed by atoms with van der Waals surface area (Å²) in [5.41, 5.74) is 2.38. The molecule has 2 saturated heterocycles. The Labute approximate surface area is 222 Å². The van der Waals surface area contributed by atoms with Gasteiger partial charge in [-0.1, -0.05) is 60.1 Å². The Morgan fingerprint density at radius 2 is 1.58 bits per heavy atom. The number of rotatable bonds is 6. The smallest absolute Gasteiger partial charge is 0.252 e. The maximum atomic E-state index is 13.4. The molecule has 0 saturated carbocycles. The third kappa shape index (κ3) is 5.38. The van der Waals surface area contributed by atoms with Crippen molar-refractivity contribution in [1.29, 1.82) is 0 Å². The van der Waals surface area contributed by atoms with Crippen LogP contribution >= 0.6 is 22.9 Å². The minimum absolute atomic E-state index is 0.0727. The fourth-order valence-corrected chi connectivity index (χ4v) is 8.05. The minimum Gasteiger partial charge on any atom is -0.340 e. The van der Waals surface area contributed by atoms with Gasteiger partial charge in [0.15, 0.2) is 0 Å². The topological polar surface area (TPSA) is 60.9 Å². The van der Waals surface area contributed by atoms with Gasteiger partial charge >= 0.3 is 0 Å². The lowest BCUT2D eigenvalue weighted by Crippen LogP contribution is -2.53. The van der Waals surface area contributed by atoms with Crippen molar-refractivity contribution < 1.29 is 13.2 Å². The molecule has 0 aliphatic carbocycles. The molecular weight excluding hydrogens is 514 g/mol. The number of carbonyl (C=O) groups excluding carboxylic acids is 1. The summed E-state index contributed by atoms with van der Waals surface area (Å²) in [6.45, 7) is 3.48. The Balaban J connectivity index is 1.26. The van der Waals surface area contributed by atoms with Crippen LogP contribution in [0.3, 0.4) is 0 Å². The van der Waals surface area contributed by atoms with Gasteiger partial charge in [0.25, 0.3) is 10.0 Å². The molecule has 9 heteroatoms. The summed E-state index contributed by atoms with van der Waals surface area (Å²) < 4.78 is 27.8. The fourth-order valence-electron chi connectivity index (χ4n) is 5.25. The predicted molar refractivity (Wildman–Crippen MR) is 144 cm³/mol. The highest BCUT2D eigenvalue weighted by Gasteiger charge is 2.37. The molecule has 3 heterocycles. The van der Waals surface area contributed by atoms with E-state index in [1.54, 1.807) is 17.5 Å². The van der Waals surface area contributed by atoms with Gasteiger partial charge in [-0.15, -0.1) is 11.3 Å². The van der Waals surface area contributed by atoms with E-state index < -0.39 is 10.0 Å². The van der Waals surface area contributed by atoms with Crippen molar-refractivity contribution >= 4 is 38.9 Å². The largest absolute Gasteiger partial charge is 0.340 e. The molecule has 2 unspecified atom stereocenters. The summed E-state index contributed by atoms with van der Waals surface area (Å²) in [7, 11) is -3.54. The molecule has 2 aliphatic heterocycles. The van der Waals surface area contributed by atoms with Crippen molar-refractivity contribution in [3.8, 4) is 0 Å². The molecule has 0 radical (unpaired) electrons. The minimum atomic E-state index is -3.54. The zero-order valence-corrected chi connectivity index (χ0v) is 22.4. The second kappa shape index (κ2) is 11.0. The van der Waals surface area contributed by atoms with Crippen LogP contribution in [0.25, 0.3) is 0 Å². The fraction of sp³-hybridized carbons (Fsp3) is 0.370. The quantitative estimate of drug-likeness (QED) is 0.451. The van der Waals surface area contributed by atoms with Gasteiger partial charge in [0, 0.05) is 44.3 Å². The molecule has 36 heavy (non-hydrogen) atoms. The van der Waals surface area contributed by atoms with Crippen LogP contribution in [0.15, 0.2) is 76.3 Å².